The number of nitrogens with one attached hydrogen (secondary N) is 1. The molecule has 1 N–H and O–H groups in total. The maximum Gasteiger partial charge on any atom is 0.145 e. The predicted molar refractivity (Wildman–Crippen MR) is 79.7 cm³/mol. The minimum absolute atomic E-state index is 0.191. The summed E-state index contributed by atoms with van der Waals surface area (Å²) >= 11 is 6.44. The molecule has 0 spiro atoms. The second-order valence-corrected chi connectivity index (χ2v) is 5.71. The highest BCUT2D eigenvalue weighted by Crippen LogP contribution is 2.25. The number of benzene rings is 1. The number of fused-ring (bicyclic) bond motifs is 1. The van der Waals surface area contributed by atoms with Gasteiger partial charge in [-0.1, -0.05) is 31.4 Å². The number of halogens is 1. The van der Waals surface area contributed by atoms with Gasteiger partial charge in [-0.05, 0) is 25.0 Å². The van der Waals surface area contributed by atoms with Gasteiger partial charge in [-0.2, -0.15) is 0 Å². The van der Waals surface area contributed by atoms with Crippen LogP contribution in [0.4, 0.5) is 5.82 Å². The fourth-order valence-electron chi connectivity index (χ4n) is 2.64. The number of aromatic nitrogens is 2. The van der Waals surface area contributed by atoms with E-state index in [4.69, 9.17) is 11.6 Å². The highest BCUT2D eigenvalue weighted by Gasteiger charge is 2.21. The molecule has 0 bridgehead atoms. The molecule has 0 aliphatic heterocycles. The molecular weight excluding hydrogens is 258 g/mol. The second kappa shape index (κ2) is 5.74. The highest BCUT2D eigenvalue weighted by molar-refractivity contribution is 6.21. The Balaban J connectivity index is 1.80. The fraction of sp³-hybridized carbons (Fsp3) is 0.467. The summed E-state index contributed by atoms with van der Waals surface area (Å²) in [5.41, 5.74) is 1.85. The predicted octanol–water partition coefficient (Wildman–Crippen LogP) is 3.98. The summed E-state index contributed by atoms with van der Waals surface area (Å²) in [5.74, 6) is 0.830. The van der Waals surface area contributed by atoms with Gasteiger partial charge in [-0.25, -0.2) is 4.98 Å². The number of nitrogens with zero attached hydrogens (tertiary/aromatic N) is 2. The molecule has 2 aromatic rings. The van der Waals surface area contributed by atoms with Crippen LogP contribution in [0.2, 0.25) is 0 Å². The van der Waals surface area contributed by atoms with Crippen molar-refractivity contribution < 1.29 is 0 Å². The zero-order chi connectivity index (χ0) is 13.1. The molecule has 1 heterocycles. The topological polar surface area (TPSA) is 37.8 Å². The Kier molecular flexibility index (Phi) is 3.83. The van der Waals surface area contributed by atoms with Crippen molar-refractivity contribution in [1.29, 1.82) is 0 Å². The van der Waals surface area contributed by atoms with Crippen molar-refractivity contribution >= 4 is 28.5 Å². The van der Waals surface area contributed by atoms with Crippen LogP contribution in [0.5, 0.6) is 0 Å². The molecule has 2 atom stereocenters. The maximum atomic E-state index is 6.44. The van der Waals surface area contributed by atoms with Crippen LogP contribution in [0.1, 0.15) is 32.1 Å². The van der Waals surface area contributed by atoms with Crippen LogP contribution in [0, 0.1) is 0 Å². The number of para-hydroxylation sites is 2. The van der Waals surface area contributed by atoms with Gasteiger partial charge in [0, 0.05) is 6.04 Å². The van der Waals surface area contributed by atoms with E-state index in [0.29, 0.717) is 6.04 Å². The number of rotatable bonds is 2. The first-order valence-electron chi connectivity index (χ1n) is 6.95. The Morgan fingerprint density at radius 3 is 2.74 bits per heavy atom. The summed E-state index contributed by atoms with van der Waals surface area (Å²) in [7, 11) is 0. The molecule has 1 aromatic heterocycles. The van der Waals surface area contributed by atoms with Crippen LogP contribution in [0.3, 0.4) is 0 Å². The standard InChI is InChI=1S/C15H18ClN3/c16-11-6-2-1-3-7-12(11)18-15-10-17-13-8-4-5-9-14(13)19-15/h4-5,8-12H,1-3,6-7H2,(H,18,19). The van der Waals surface area contributed by atoms with Gasteiger partial charge in [0.15, 0.2) is 0 Å². The molecule has 1 saturated carbocycles. The first-order chi connectivity index (χ1) is 9.33. The van der Waals surface area contributed by atoms with Gasteiger partial charge in [-0.3, -0.25) is 4.98 Å². The van der Waals surface area contributed by atoms with Crippen LogP contribution in [-0.2, 0) is 0 Å². The molecule has 3 nitrogen and oxygen atoms in total. The van der Waals surface area contributed by atoms with Crippen molar-refractivity contribution in [2.75, 3.05) is 5.32 Å². The summed E-state index contributed by atoms with van der Waals surface area (Å²) in [5, 5.41) is 3.65. The number of anilines is 1. The van der Waals surface area contributed by atoms with Crippen LogP contribution >= 0.6 is 11.6 Å². The SMILES string of the molecule is ClC1CCCCCC1Nc1cnc2ccccc2n1. The lowest BCUT2D eigenvalue weighted by molar-refractivity contribution is 0.625. The van der Waals surface area contributed by atoms with Gasteiger partial charge in [-0.15, -0.1) is 11.6 Å². The zero-order valence-corrected chi connectivity index (χ0v) is 11.6. The van der Waals surface area contributed by atoms with E-state index in [2.05, 4.69) is 15.3 Å². The Bertz CT molecular complexity index is 558. The minimum Gasteiger partial charge on any atom is -0.365 e. The smallest absolute Gasteiger partial charge is 0.145 e. The summed E-state index contributed by atoms with van der Waals surface area (Å²) < 4.78 is 0. The molecule has 1 aromatic carbocycles. The van der Waals surface area contributed by atoms with E-state index < -0.39 is 0 Å². The van der Waals surface area contributed by atoms with Crippen molar-refractivity contribution in [2.45, 2.75) is 43.5 Å². The maximum absolute atomic E-state index is 6.44. The van der Waals surface area contributed by atoms with Crippen LogP contribution < -0.4 is 5.32 Å². The molecular formula is C15H18ClN3. The van der Waals surface area contributed by atoms with Gasteiger partial charge in [0.25, 0.3) is 0 Å². The number of hydrogen-bond donors (Lipinski definition) is 1. The largest absolute Gasteiger partial charge is 0.365 e. The van der Waals surface area contributed by atoms with Crippen LogP contribution in [-0.4, -0.2) is 21.4 Å². The van der Waals surface area contributed by atoms with Crippen molar-refractivity contribution in [3.63, 3.8) is 0 Å². The van der Waals surface area contributed by atoms with Crippen LogP contribution in [0.25, 0.3) is 11.0 Å². The Morgan fingerprint density at radius 2 is 1.84 bits per heavy atom. The number of hydrogen-bond acceptors (Lipinski definition) is 3. The van der Waals surface area contributed by atoms with E-state index in [1.165, 1.54) is 19.3 Å². The van der Waals surface area contributed by atoms with E-state index >= 15 is 0 Å². The third-order valence-electron chi connectivity index (χ3n) is 3.71. The van der Waals surface area contributed by atoms with E-state index in [1.54, 1.807) is 6.20 Å². The van der Waals surface area contributed by atoms with Crippen LogP contribution in [0.15, 0.2) is 30.5 Å². The Labute approximate surface area is 118 Å². The summed E-state index contributed by atoms with van der Waals surface area (Å²) in [6.07, 6.45) is 7.75. The molecule has 3 rings (SSSR count). The Morgan fingerprint density at radius 1 is 1.05 bits per heavy atom. The van der Waals surface area contributed by atoms with E-state index in [9.17, 15) is 0 Å². The zero-order valence-electron chi connectivity index (χ0n) is 10.8. The lowest BCUT2D eigenvalue weighted by atomic mass is 10.1. The average Bonchev–Trinajstić information content (AvgIpc) is 2.64. The molecule has 2 unspecified atom stereocenters. The van der Waals surface area contributed by atoms with E-state index in [-0.39, 0.29) is 5.38 Å². The van der Waals surface area contributed by atoms with E-state index in [1.807, 2.05) is 24.3 Å². The van der Waals surface area contributed by atoms with Gasteiger partial charge in [0.05, 0.1) is 22.6 Å². The summed E-state index contributed by atoms with van der Waals surface area (Å²) in [6, 6.07) is 8.22. The first kappa shape index (κ1) is 12.7. The van der Waals surface area contributed by atoms with Gasteiger partial charge >= 0.3 is 0 Å². The highest BCUT2D eigenvalue weighted by atomic mass is 35.5. The normalized spacial score (nSPS) is 24.1. The summed E-state index contributed by atoms with van der Waals surface area (Å²) in [4.78, 5) is 9.03. The monoisotopic (exact) mass is 275 g/mol. The van der Waals surface area contributed by atoms with E-state index in [0.717, 1.165) is 29.7 Å². The molecule has 4 heteroatoms. The van der Waals surface area contributed by atoms with Gasteiger partial charge in [0.1, 0.15) is 5.82 Å². The molecule has 0 saturated heterocycles. The third-order valence-corrected chi connectivity index (χ3v) is 4.24. The summed E-state index contributed by atoms with van der Waals surface area (Å²) in [6.45, 7) is 0. The van der Waals surface area contributed by atoms with Gasteiger partial charge in [0.2, 0.25) is 0 Å². The third kappa shape index (κ3) is 2.98. The van der Waals surface area contributed by atoms with Crippen molar-refractivity contribution in [3.8, 4) is 0 Å². The lowest BCUT2D eigenvalue weighted by Gasteiger charge is -2.21. The fourth-order valence-corrected chi connectivity index (χ4v) is 2.98. The second-order valence-electron chi connectivity index (χ2n) is 5.15. The molecule has 1 aliphatic carbocycles. The molecule has 100 valence electrons. The lowest BCUT2D eigenvalue weighted by Crippen LogP contribution is -2.29. The number of alkyl halides is 1. The first-order valence-corrected chi connectivity index (χ1v) is 7.39. The Hall–Kier alpha value is -1.35. The quantitative estimate of drug-likeness (QED) is 0.665. The molecule has 1 aliphatic rings. The van der Waals surface area contributed by atoms with Crippen molar-refractivity contribution in [2.24, 2.45) is 0 Å². The molecule has 0 radical (unpaired) electrons. The minimum atomic E-state index is 0.191. The molecule has 1 fully saturated rings. The van der Waals surface area contributed by atoms with Crippen molar-refractivity contribution in [1.82, 2.24) is 9.97 Å². The van der Waals surface area contributed by atoms with Gasteiger partial charge < -0.3 is 5.32 Å². The molecule has 19 heavy (non-hydrogen) atoms. The molecule has 0 amide bonds. The average molecular weight is 276 g/mol. The van der Waals surface area contributed by atoms with Crippen molar-refractivity contribution in [3.05, 3.63) is 30.5 Å².